The number of rotatable bonds is 4. The van der Waals surface area contributed by atoms with E-state index in [9.17, 15) is 9.59 Å². The van der Waals surface area contributed by atoms with Crippen molar-refractivity contribution < 1.29 is 9.59 Å². The molecule has 0 aromatic heterocycles. The first-order chi connectivity index (χ1) is 7.13. The number of likely N-dealkylation sites (tertiary alicyclic amines) is 1. The van der Waals surface area contributed by atoms with Crippen LogP contribution in [0.4, 0.5) is 0 Å². The predicted octanol–water partition coefficient (Wildman–Crippen LogP) is 1.86. The normalized spacial score (nSPS) is 21.8. The Kier molecular flexibility index (Phi) is 4.79. The molecule has 1 unspecified atom stereocenters. The van der Waals surface area contributed by atoms with Crippen molar-refractivity contribution in [2.45, 2.75) is 39.5 Å². The van der Waals surface area contributed by atoms with Gasteiger partial charge in [-0.05, 0) is 25.2 Å². The third-order valence-electron chi connectivity index (χ3n) is 2.94. The highest BCUT2D eigenvalue weighted by atomic mass is 16.2. The van der Waals surface area contributed by atoms with Gasteiger partial charge in [-0.1, -0.05) is 13.8 Å². The summed E-state index contributed by atoms with van der Waals surface area (Å²) in [6.45, 7) is 5.72. The molecule has 0 aromatic carbocycles. The number of hydrogen-bond acceptors (Lipinski definition) is 2. The minimum atomic E-state index is 0.0711. The topological polar surface area (TPSA) is 37.4 Å². The van der Waals surface area contributed by atoms with Crippen LogP contribution in [0.2, 0.25) is 0 Å². The van der Waals surface area contributed by atoms with Gasteiger partial charge in [-0.25, -0.2) is 0 Å². The first kappa shape index (κ1) is 12.2. The van der Waals surface area contributed by atoms with Gasteiger partial charge in [0.25, 0.3) is 0 Å². The van der Waals surface area contributed by atoms with E-state index in [-0.39, 0.29) is 11.8 Å². The highest BCUT2D eigenvalue weighted by Crippen LogP contribution is 2.16. The van der Waals surface area contributed by atoms with Crippen LogP contribution in [0.1, 0.15) is 39.5 Å². The van der Waals surface area contributed by atoms with E-state index >= 15 is 0 Å². The maximum atomic E-state index is 11.8. The molecule has 1 heterocycles. The highest BCUT2D eigenvalue weighted by Gasteiger charge is 2.22. The number of nitrogens with zero attached hydrogens (tertiary/aromatic N) is 1. The summed E-state index contributed by atoms with van der Waals surface area (Å²) >= 11 is 0. The molecule has 1 aliphatic heterocycles. The fourth-order valence-corrected chi connectivity index (χ4v) is 1.92. The van der Waals surface area contributed by atoms with Crippen LogP contribution in [-0.2, 0) is 9.59 Å². The summed E-state index contributed by atoms with van der Waals surface area (Å²) in [6.07, 6.45) is 4.47. The fourth-order valence-electron chi connectivity index (χ4n) is 1.92. The van der Waals surface area contributed by atoms with E-state index in [2.05, 4.69) is 13.8 Å². The van der Waals surface area contributed by atoms with Crippen LogP contribution >= 0.6 is 0 Å². The number of aldehydes is 1. The molecule has 1 amide bonds. The van der Waals surface area contributed by atoms with Crippen molar-refractivity contribution in [3.63, 3.8) is 0 Å². The summed E-state index contributed by atoms with van der Waals surface area (Å²) in [6, 6.07) is 0. The minimum Gasteiger partial charge on any atom is -0.342 e. The average Bonchev–Trinajstić information content (AvgIpc) is 2.26. The average molecular weight is 211 g/mol. The van der Waals surface area contributed by atoms with Gasteiger partial charge in [0.1, 0.15) is 6.29 Å². The maximum absolute atomic E-state index is 11.8. The zero-order chi connectivity index (χ0) is 11.3. The largest absolute Gasteiger partial charge is 0.342 e. The third kappa shape index (κ3) is 4.02. The van der Waals surface area contributed by atoms with E-state index in [1.165, 1.54) is 0 Å². The van der Waals surface area contributed by atoms with Gasteiger partial charge in [0.05, 0.1) is 0 Å². The van der Waals surface area contributed by atoms with Crippen molar-refractivity contribution in [3.05, 3.63) is 0 Å². The van der Waals surface area contributed by atoms with Gasteiger partial charge in [-0.15, -0.1) is 0 Å². The molecular weight excluding hydrogens is 190 g/mol. The van der Waals surface area contributed by atoms with Crippen LogP contribution < -0.4 is 0 Å². The summed E-state index contributed by atoms with van der Waals surface area (Å²) in [5.74, 6) is 0.859. The number of carbonyl (C=O) groups excluding carboxylic acids is 2. The Morgan fingerprint density at radius 3 is 2.87 bits per heavy atom. The monoisotopic (exact) mass is 211 g/mol. The summed E-state index contributed by atoms with van der Waals surface area (Å²) in [5, 5.41) is 0. The number of carbonyl (C=O) groups is 2. The molecular formula is C12H21NO2. The quantitative estimate of drug-likeness (QED) is 0.666. The lowest BCUT2D eigenvalue weighted by molar-refractivity contribution is -0.133. The SMILES string of the molecule is CC(C)CCC(=O)N1CCCC(C=O)C1. The van der Waals surface area contributed by atoms with Gasteiger partial charge in [0.15, 0.2) is 0 Å². The van der Waals surface area contributed by atoms with Crippen LogP contribution in [0.5, 0.6) is 0 Å². The van der Waals surface area contributed by atoms with Gasteiger partial charge in [0, 0.05) is 25.4 Å². The van der Waals surface area contributed by atoms with Crippen LogP contribution in [0.25, 0.3) is 0 Å². The van der Waals surface area contributed by atoms with E-state index < -0.39 is 0 Å². The second kappa shape index (κ2) is 5.89. The molecule has 0 saturated carbocycles. The lowest BCUT2D eigenvalue weighted by atomic mass is 9.99. The third-order valence-corrected chi connectivity index (χ3v) is 2.94. The molecule has 86 valence electrons. The Balaban J connectivity index is 2.35. The van der Waals surface area contributed by atoms with Crippen LogP contribution in [0.3, 0.4) is 0 Å². The van der Waals surface area contributed by atoms with Crippen LogP contribution in [0, 0.1) is 11.8 Å². The molecule has 1 atom stereocenters. The van der Waals surface area contributed by atoms with Gasteiger partial charge >= 0.3 is 0 Å². The summed E-state index contributed by atoms with van der Waals surface area (Å²) < 4.78 is 0. The van der Waals surface area contributed by atoms with Gasteiger partial charge in [-0.2, -0.15) is 0 Å². The Morgan fingerprint density at radius 1 is 1.53 bits per heavy atom. The van der Waals surface area contributed by atoms with Gasteiger partial charge in [0.2, 0.25) is 5.91 Å². The van der Waals surface area contributed by atoms with Crippen molar-refractivity contribution in [1.82, 2.24) is 4.90 Å². The maximum Gasteiger partial charge on any atom is 0.222 e. The Morgan fingerprint density at radius 2 is 2.27 bits per heavy atom. The van der Waals surface area contributed by atoms with Crippen molar-refractivity contribution in [3.8, 4) is 0 Å². The van der Waals surface area contributed by atoms with Crippen molar-refractivity contribution >= 4 is 12.2 Å². The molecule has 1 saturated heterocycles. The molecule has 1 rings (SSSR count). The first-order valence-electron chi connectivity index (χ1n) is 5.86. The number of amides is 1. The Hall–Kier alpha value is -0.860. The fraction of sp³-hybridized carbons (Fsp3) is 0.833. The lowest BCUT2D eigenvalue weighted by Gasteiger charge is -2.30. The smallest absolute Gasteiger partial charge is 0.222 e. The zero-order valence-electron chi connectivity index (χ0n) is 9.74. The second-order valence-corrected chi connectivity index (χ2v) is 4.81. The standard InChI is InChI=1S/C12H21NO2/c1-10(2)5-6-12(15)13-7-3-4-11(8-13)9-14/h9-11H,3-8H2,1-2H3. The summed E-state index contributed by atoms with van der Waals surface area (Å²) in [4.78, 5) is 24.3. The highest BCUT2D eigenvalue weighted by molar-refractivity contribution is 5.76. The molecule has 0 spiro atoms. The Labute approximate surface area is 91.8 Å². The van der Waals surface area contributed by atoms with E-state index in [0.29, 0.717) is 18.9 Å². The molecule has 0 aromatic rings. The number of piperidine rings is 1. The first-order valence-corrected chi connectivity index (χ1v) is 5.86. The molecule has 1 fully saturated rings. The van der Waals surface area contributed by atoms with E-state index in [1.807, 2.05) is 4.90 Å². The molecule has 0 N–H and O–H groups in total. The van der Waals surface area contributed by atoms with E-state index in [1.54, 1.807) is 0 Å². The molecule has 3 heteroatoms. The molecule has 0 bridgehead atoms. The molecule has 0 radical (unpaired) electrons. The van der Waals surface area contributed by atoms with Gasteiger partial charge in [-0.3, -0.25) is 4.79 Å². The predicted molar refractivity (Wildman–Crippen MR) is 59.4 cm³/mol. The second-order valence-electron chi connectivity index (χ2n) is 4.81. The van der Waals surface area contributed by atoms with E-state index in [4.69, 9.17) is 0 Å². The van der Waals surface area contributed by atoms with Crippen molar-refractivity contribution in [1.29, 1.82) is 0 Å². The van der Waals surface area contributed by atoms with E-state index in [0.717, 1.165) is 32.1 Å². The molecule has 15 heavy (non-hydrogen) atoms. The summed E-state index contributed by atoms with van der Waals surface area (Å²) in [5.41, 5.74) is 0. The number of hydrogen-bond donors (Lipinski definition) is 0. The minimum absolute atomic E-state index is 0.0711. The Bertz CT molecular complexity index is 226. The van der Waals surface area contributed by atoms with Crippen LogP contribution in [-0.4, -0.2) is 30.2 Å². The zero-order valence-corrected chi connectivity index (χ0v) is 9.74. The van der Waals surface area contributed by atoms with Crippen molar-refractivity contribution in [2.24, 2.45) is 11.8 Å². The lowest BCUT2D eigenvalue weighted by Crippen LogP contribution is -2.40. The molecule has 3 nitrogen and oxygen atoms in total. The summed E-state index contributed by atoms with van der Waals surface area (Å²) in [7, 11) is 0. The molecule has 0 aliphatic carbocycles. The van der Waals surface area contributed by atoms with Gasteiger partial charge < -0.3 is 9.69 Å². The van der Waals surface area contributed by atoms with Crippen LogP contribution in [0.15, 0.2) is 0 Å². The molecule has 1 aliphatic rings. The van der Waals surface area contributed by atoms with Crippen molar-refractivity contribution in [2.75, 3.05) is 13.1 Å².